The molecular formula is C20H28N10O11P2S2. The Labute approximate surface area is 263 Å². The summed E-state index contributed by atoms with van der Waals surface area (Å²) in [6.45, 7) is -9.61. The SMILES string of the molecule is Nc1ncnc2c1ncn2[C@@H]1O[C@@H]2COP(O)(=S)OC3[C@H](N4C=NC5C(=O)NC(N)NC54)O[C@H](COP(=O)(S)O[C@H]1C2O)[C@H]3O. The highest BCUT2D eigenvalue weighted by atomic mass is 32.7. The fourth-order valence-corrected chi connectivity index (χ4v) is 8.58. The molecule has 2 aromatic heterocycles. The molecule has 45 heavy (non-hydrogen) atoms. The van der Waals surface area contributed by atoms with Crippen LogP contribution in [0, 0.1) is 0 Å². The Kier molecular flexibility index (Phi) is 8.20. The maximum Gasteiger partial charge on any atom is 0.386 e. The van der Waals surface area contributed by atoms with Crippen LogP contribution in [0.2, 0.25) is 0 Å². The van der Waals surface area contributed by atoms with E-state index in [1.807, 2.05) is 0 Å². The number of aliphatic hydroxyl groups is 2. The molecule has 1 amide bonds. The van der Waals surface area contributed by atoms with Gasteiger partial charge in [-0.15, -0.1) is 0 Å². The van der Waals surface area contributed by atoms with Gasteiger partial charge >= 0.3 is 13.5 Å². The molecule has 0 saturated carbocycles. The van der Waals surface area contributed by atoms with Crippen LogP contribution in [0.4, 0.5) is 5.82 Å². The number of rotatable bonds is 2. The molecule has 0 radical (unpaired) electrons. The third-order valence-corrected chi connectivity index (χ3v) is 11.0. The molecule has 4 bridgehead atoms. The first-order chi connectivity index (χ1) is 21.3. The number of nitrogens with two attached hydrogens (primary N) is 2. The van der Waals surface area contributed by atoms with E-state index < -0.39 is 100 Å². The van der Waals surface area contributed by atoms with E-state index in [4.69, 9.17) is 50.8 Å². The number of imidazole rings is 1. The second kappa shape index (κ2) is 11.6. The van der Waals surface area contributed by atoms with Crippen LogP contribution in [0.1, 0.15) is 6.23 Å². The van der Waals surface area contributed by atoms with Crippen molar-refractivity contribution in [2.24, 2.45) is 10.7 Å². The van der Waals surface area contributed by atoms with Gasteiger partial charge in [-0.1, -0.05) is 12.2 Å². The number of hydrogen-bond donors (Lipinski definition) is 8. The third kappa shape index (κ3) is 5.79. The number of carbonyl (C=O) groups is 1. The summed E-state index contributed by atoms with van der Waals surface area (Å²) in [5, 5.41) is 27.9. The van der Waals surface area contributed by atoms with E-state index >= 15 is 0 Å². The number of nitrogen functional groups attached to an aromatic ring is 1. The number of nitrogens with zero attached hydrogens (tertiary/aromatic N) is 6. The summed E-state index contributed by atoms with van der Waals surface area (Å²) >= 11 is 9.35. The Morgan fingerprint density at radius 3 is 2.51 bits per heavy atom. The second-order valence-electron chi connectivity index (χ2n) is 10.6. The summed E-state index contributed by atoms with van der Waals surface area (Å²) in [5.41, 5.74) is 12.2. The number of aliphatic hydroxyl groups excluding tert-OH is 2. The van der Waals surface area contributed by atoms with Crippen LogP contribution in [0.3, 0.4) is 0 Å². The lowest BCUT2D eigenvalue weighted by molar-refractivity contribution is -0.130. The van der Waals surface area contributed by atoms with Gasteiger partial charge in [0.15, 0.2) is 30.0 Å². The van der Waals surface area contributed by atoms with Crippen molar-refractivity contribution in [3.8, 4) is 0 Å². The Morgan fingerprint density at radius 1 is 1.07 bits per heavy atom. The number of anilines is 1. The van der Waals surface area contributed by atoms with Crippen LogP contribution in [0.5, 0.6) is 0 Å². The van der Waals surface area contributed by atoms with E-state index in [2.05, 4.69) is 42.8 Å². The summed E-state index contributed by atoms with van der Waals surface area (Å²) in [6, 6.07) is -0.909. The van der Waals surface area contributed by atoms with E-state index in [0.717, 1.165) is 0 Å². The maximum atomic E-state index is 13.5. The van der Waals surface area contributed by atoms with Gasteiger partial charge in [0.25, 0.3) is 5.91 Å². The topological polar surface area (TPSA) is 286 Å². The fourth-order valence-electron chi connectivity index (χ4n) is 5.70. The fraction of sp³-hybridized carbons (Fsp3) is 0.650. The number of hydrogen-bond acceptors (Lipinski definition) is 19. The number of amides is 1. The number of nitrogens with one attached hydrogen (secondary N) is 2. The lowest BCUT2D eigenvalue weighted by Crippen LogP contribution is -2.70. The standard InChI is InChI=1S/C20H28N10O11P2S2/c21-14-8-15(24-3-23-14)29(4-25-8)18-12-10(31)6(38-18)1-36-43(35,45)41-13-11(32)7(2-37-42(34,44)40-12)39-19(13)30-5-26-9-16(30)27-20(22)28-17(9)33/h3-7,9-13,16,18-20,27,31-32H,1-2,22H2,(H,28,33)(H,34,44)(H,35,45)(H2,21,23,24)/t6-,7-,9?,10?,11-,12+,13?,16?,18-,19-,20?,42?,43?/m1/s1. The molecule has 246 valence electrons. The molecule has 4 fully saturated rings. The number of thiol groups is 1. The molecule has 9 N–H and O–H groups in total. The zero-order chi connectivity index (χ0) is 31.8. The Balaban J connectivity index is 1.18. The van der Waals surface area contributed by atoms with E-state index in [-0.39, 0.29) is 17.0 Å². The molecular weight excluding hydrogens is 682 g/mol. The summed E-state index contributed by atoms with van der Waals surface area (Å²) in [7, 11) is 0. The van der Waals surface area contributed by atoms with Crippen LogP contribution in [0.25, 0.3) is 11.2 Å². The number of ether oxygens (including phenoxy) is 2. The predicted molar refractivity (Wildman–Crippen MR) is 156 cm³/mol. The first-order valence-corrected chi connectivity index (χ1v) is 18.6. The van der Waals surface area contributed by atoms with Crippen molar-refractivity contribution in [2.75, 3.05) is 18.9 Å². The number of aromatic nitrogens is 4. The van der Waals surface area contributed by atoms with Gasteiger partial charge < -0.3 is 45.1 Å². The molecule has 7 unspecified atom stereocenters. The summed E-state index contributed by atoms with van der Waals surface area (Å²) in [4.78, 5) is 41.4. The van der Waals surface area contributed by atoms with Crippen molar-refractivity contribution in [1.82, 2.24) is 35.1 Å². The lowest BCUT2D eigenvalue weighted by atomic mass is 10.1. The van der Waals surface area contributed by atoms with Gasteiger partial charge in [-0.05, 0) is 11.8 Å². The van der Waals surface area contributed by atoms with Crippen molar-refractivity contribution < 1.29 is 52.0 Å². The zero-order valence-corrected chi connectivity index (χ0v) is 26.2. The normalized spacial score (nSPS) is 45.4. The lowest BCUT2D eigenvalue weighted by Gasteiger charge is -2.39. The monoisotopic (exact) mass is 710 g/mol. The molecule has 5 aliphatic heterocycles. The Bertz CT molecular complexity index is 1620. The highest BCUT2D eigenvalue weighted by Gasteiger charge is 2.55. The molecule has 13 atom stereocenters. The first-order valence-electron chi connectivity index (χ1n) is 13.4. The highest BCUT2D eigenvalue weighted by Crippen LogP contribution is 2.58. The average molecular weight is 711 g/mol. The summed E-state index contributed by atoms with van der Waals surface area (Å²) in [5.74, 6) is -0.364. The molecule has 7 rings (SSSR count). The quantitative estimate of drug-likeness (QED) is 0.113. The zero-order valence-electron chi connectivity index (χ0n) is 22.7. The van der Waals surface area contributed by atoms with E-state index in [9.17, 15) is 24.5 Å². The number of carbonyl (C=O) groups excluding carboxylic acids is 1. The smallest absolute Gasteiger partial charge is 0.386 e. The van der Waals surface area contributed by atoms with Crippen molar-refractivity contribution >= 4 is 66.8 Å². The van der Waals surface area contributed by atoms with Gasteiger partial charge in [0.1, 0.15) is 60.9 Å². The Morgan fingerprint density at radius 2 is 1.76 bits per heavy atom. The van der Waals surface area contributed by atoms with Crippen LogP contribution < -0.4 is 22.1 Å². The summed E-state index contributed by atoms with van der Waals surface area (Å²) in [6.07, 6.45) is -8.66. The van der Waals surface area contributed by atoms with Crippen molar-refractivity contribution in [1.29, 1.82) is 0 Å². The van der Waals surface area contributed by atoms with E-state index in [1.165, 1.54) is 28.5 Å². The second-order valence-corrected chi connectivity index (χ2v) is 16.3. The largest absolute Gasteiger partial charge is 0.387 e. The highest BCUT2D eigenvalue weighted by molar-refractivity contribution is 8.44. The van der Waals surface area contributed by atoms with E-state index in [1.54, 1.807) is 0 Å². The minimum absolute atomic E-state index is 0.0855. The molecule has 2 aromatic rings. The molecule has 21 nitrogen and oxygen atoms in total. The van der Waals surface area contributed by atoms with Gasteiger partial charge in [0.05, 0.1) is 25.9 Å². The summed E-state index contributed by atoms with van der Waals surface area (Å²) < 4.78 is 49.5. The minimum atomic E-state index is -4.32. The minimum Gasteiger partial charge on any atom is -0.387 e. The van der Waals surface area contributed by atoms with Gasteiger partial charge in [-0.3, -0.25) is 39.0 Å². The molecule has 4 saturated heterocycles. The third-order valence-electron chi connectivity index (χ3n) is 7.79. The molecule has 0 aromatic carbocycles. The molecule has 7 heterocycles. The van der Waals surface area contributed by atoms with E-state index in [0.29, 0.717) is 0 Å². The first kappa shape index (κ1) is 31.7. The van der Waals surface area contributed by atoms with Gasteiger partial charge in [-0.2, -0.15) is 0 Å². The number of fused-ring (bicyclic) bond motifs is 6. The molecule has 0 spiro atoms. The van der Waals surface area contributed by atoms with Crippen LogP contribution in [0.15, 0.2) is 17.6 Å². The molecule has 0 aliphatic carbocycles. The molecule has 5 aliphatic rings. The number of aliphatic imine (C=N–C) groups is 1. The van der Waals surface area contributed by atoms with Gasteiger partial charge in [0.2, 0.25) is 0 Å². The Hall–Kier alpha value is -1.92. The average Bonchev–Trinajstić information content (AvgIpc) is 3.72. The van der Waals surface area contributed by atoms with Crippen molar-refractivity contribution in [2.45, 2.75) is 67.6 Å². The van der Waals surface area contributed by atoms with Gasteiger partial charge in [0, 0.05) is 0 Å². The predicted octanol–water partition coefficient (Wildman–Crippen LogP) is -3.18. The van der Waals surface area contributed by atoms with Crippen LogP contribution in [-0.2, 0) is 48.7 Å². The van der Waals surface area contributed by atoms with Gasteiger partial charge in [-0.25, -0.2) is 19.5 Å². The van der Waals surface area contributed by atoms with Crippen LogP contribution >= 0.6 is 25.8 Å². The maximum absolute atomic E-state index is 13.5. The van der Waals surface area contributed by atoms with Crippen LogP contribution in [-0.4, -0.2) is 126 Å². The van der Waals surface area contributed by atoms with Crippen molar-refractivity contribution in [3.05, 3.63) is 12.7 Å². The van der Waals surface area contributed by atoms with Crippen molar-refractivity contribution in [3.63, 3.8) is 0 Å². The molecule has 25 heteroatoms.